The molecule has 144 valence electrons. The minimum absolute atomic E-state index is 0.235. The predicted octanol–water partition coefficient (Wildman–Crippen LogP) is 1.44. The van der Waals surface area contributed by atoms with Gasteiger partial charge < -0.3 is 24.6 Å². The SMILES string of the molecule is CCC(OC(=O)CNC(=O)COc1ccccc1)C(=O)Nc1cc(C)on1. The lowest BCUT2D eigenvalue weighted by molar-refractivity contribution is -0.154. The van der Waals surface area contributed by atoms with Crippen molar-refractivity contribution < 1.29 is 28.4 Å². The molecule has 2 rings (SSSR count). The zero-order valence-corrected chi connectivity index (χ0v) is 15.1. The van der Waals surface area contributed by atoms with Gasteiger partial charge in [-0.2, -0.15) is 0 Å². The van der Waals surface area contributed by atoms with E-state index in [-0.39, 0.29) is 25.4 Å². The van der Waals surface area contributed by atoms with Gasteiger partial charge in [-0.3, -0.25) is 14.4 Å². The highest BCUT2D eigenvalue weighted by Crippen LogP contribution is 2.10. The number of anilines is 1. The summed E-state index contributed by atoms with van der Waals surface area (Å²) in [6.45, 7) is 2.77. The molecule has 0 spiro atoms. The third-order valence-corrected chi connectivity index (χ3v) is 3.36. The molecule has 0 aliphatic carbocycles. The Balaban J connectivity index is 1.72. The highest BCUT2D eigenvalue weighted by molar-refractivity contribution is 5.94. The first-order chi connectivity index (χ1) is 13.0. The number of aromatic nitrogens is 1. The topological polar surface area (TPSA) is 120 Å². The number of ether oxygens (including phenoxy) is 2. The van der Waals surface area contributed by atoms with Gasteiger partial charge in [0.1, 0.15) is 18.1 Å². The fourth-order valence-corrected chi connectivity index (χ4v) is 2.04. The first-order valence-electron chi connectivity index (χ1n) is 8.36. The molecule has 2 amide bonds. The number of para-hydroxylation sites is 1. The van der Waals surface area contributed by atoms with Crippen LogP contribution in [0.1, 0.15) is 19.1 Å². The lowest BCUT2D eigenvalue weighted by Gasteiger charge is -2.15. The molecule has 1 aromatic heterocycles. The van der Waals surface area contributed by atoms with Crippen LogP contribution < -0.4 is 15.4 Å². The molecule has 2 N–H and O–H groups in total. The molecule has 9 heteroatoms. The average Bonchev–Trinajstić information content (AvgIpc) is 3.08. The maximum absolute atomic E-state index is 12.1. The van der Waals surface area contributed by atoms with Gasteiger partial charge in [0, 0.05) is 6.07 Å². The van der Waals surface area contributed by atoms with Crippen molar-refractivity contribution in [3.8, 4) is 5.75 Å². The summed E-state index contributed by atoms with van der Waals surface area (Å²) in [5, 5.41) is 8.51. The second kappa shape index (κ2) is 9.95. The van der Waals surface area contributed by atoms with Gasteiger partial charge in [0.05, 0.1) is 0 Å². The van der Waals surface area contributed by atoms with Crippen molar-refractivity contribution in [1.82, 2.24) is 10.5 Å². The molecule has 0 fully saturated rings. The van der Waals surface area contributed by atoms with Crippen molar-refractivity contribution in [2.24, 2.45) is 0 Å². The van der Waals surface area contributed by atoms with Crippen LogP contribution in [0.4, 0.5) is 5.82 Å². The summed E-state index contributed by atoms with van der Waals surface area (Å²) >= 11 is 0. The van der Waals surface area contributed by atoms with E-state index in [4.69, 9.17) is 14.0 Å². The van der Waals surface area contributed by atoms with E-state index in [0.717, 1.165) is 0 Å². The maximum Gasteiger partial charge on any atom is 0.326 e. The van der Waals surface area contributed by atoms with E-state index >= 15 is 0 Å². The average molecular weight is 375 g/mol. The predicted molar refractivity (Wildman–Crippen MR) is 95.0 cm³/mol. The van der Waals surface area contributed by atoms with E-state index in [9.17, 15) is 14.4 Å². The molecule has 0 radical (unpaired) electrons. The monoisotopic (exact) mass is 375 g/mol. The van der Waals surface area contributed by atoms with Crippen molar-refractivity contribution in [3.05, 3.63) is 42.2 Å². The largest absolute Gasteiger partial charge is 0.484 e. The van der Waals surface area contributed by atoms with Crippen LogP contribution in [0.25, 0.3) is 0 Å². The Morgan fingerprint density at radius 3 is 2.59 bits per heavy atom. The molecule has 0 aliphatic rings. The molecule has 1 aromatic carbocycles. The summed E-state index contributed by atoms with van der Waals surface area (Å²) in [7, 11) is 0. The number of rotatable bonds is 9. The number of nitrogens with one attached hydrogen (secondary N) is 2. The Bertz CT molecular complexity index is 774. The standard InChI is InChI=1S/C18H21N3O6/c1-3-14(18(24)20-15-9-12(2)27-21-15)26-17(23)10-19-16(22)11-25-13-7-5-4-6-8-13/h4-9,14H,3,10-11H2,1-2H3,(H,19,22)(H,20,21,24). The summed E-state index contributed by atoms with van der Waals surface area (Å²) < 4.78 is 15.2. The smallest absolute Gasteiger partial charge is 0.326 e. The van der Waals surface area contributed by atoms with E-state index in [1.807, 2.05) is 6.07 Å². The minimum Gasteiger partial charge on any atom is -0.484 e. The lowest BCUT2D eigenvalue weighted by Crippen LogP contribution is -2.38. The zero-order valence-electron chi connectivity index (χ0n) is 15.1. The van der Waals surface area contributed by atoms with Gasteiger partial charge in [-0.1, -0.05) is 30.3 Å². The molecule has 0 saturated carbocycles. The van der Waals surface area contributed by atoms with E-state index in [0.29, 0.717) is 11.5 Å². The Labute approximate surface area is 156 Å². The fraction of sp³-hybridized carbons (Fsp3) is 0.333. The van der Waals surface area contributed by atoms with Gasteiger partial charge in [0.2, 0.25) is 0 Å². The van der Waals surface area contributed by atoms with Crippen molar-refractivity contribution >= 4 is 23.6 Å². The Morgan fingerprint density at radius 1 is 1.22 bits per heavy atom. The highest BCUT2D eigenvalue weighted by atomic mass is 16.5. The lowest BCUT2D eigenvalue weighted by atomic mass is 10.2. The van der Waals surface area contributed by atoms with Crippen LogP contribution in [-0.4, -0.2) is 42.2 Å². The van der Waals surface area contributed by atoms with Crippen molar-refractivity contribution in [3.63, 3.8) is 0 Å². The van der Waals surface area contributed by atoms with Crippen LogP contribution in [0, 0.1) is 6.92 Å². The number of amides is 2. The van der Waals surface area contributed by atoms with Gasteiger partial charge in [0.15, 0.2) is 18.5 Å². The van der Waals surface area contributed by atoms with Gasteiger partial charge in [0.25, 0.3) is 11.8 Å². The Hall–Kier alpha value is -3.36. The minimum atomic E-state index is -1.01. The molecule has 1 heterocycles. The Kier molecular flexibility index (Phi) is 7.36. The third-order valence-electron chi connectivity index (χ3n) is 3.36. The second-order valence-corrected chi connectivity index (χ2v) is 5.58. The second-order valence-electron chi connectivity index (χ2n) is 5.58. The molecule has 0 bridgehead atoms. The number of hydrogen-bond acceptors (Lipinski definition) is 7. The quantitative estimate of drug-likeness (QED) is 0.636. The first-order valence-corrected chi connectivity index (χ1v) is 8.36. The summed E-state index contributed by atoms with van der Waals surface area (Å²) in [5.74, 6) is -0.430. The van der Waals surface area contributed by atoms with Crippen LogP contribution in [0.5, 0.6) is 5.75 Å². The molecule has 2 aromatic rings. The van der Waals surface area contributed by atoms with Gasteiger partial charge in [-0.05, 0) is 25.5 Å². The summed E-state index contributed by atoms with van der Waals surface area (Å²) in [6, 6.07) is 10.3. The summed E-state index contributed by atoms with van der Waals surface area (Å²) in [4.78, 5) is 35.7. The molecular formula is C18H21N3O6. The van der Waals surface area contributed by atoms with Crippen LogP contribution >= 0.6 is 0 Å². The molecule has 27 heavy (non-hydrogen) atoms. The van der Waals surface area contributed by atoms with Gasteiger partial charge >= 0.3 is 5.97 Å². The van der Waals surface area contributed by atoms with Gasteiger partial charge in [-0.25, -0.2) is 0 Å². The normalized spacial score (nSPS) is 11.3. The van der Waals surface area contributed by atoms with Crippen molar-refractivity contribution in [2.45, 2.75) is 26.4 Å². The molecule has 1 atom stereocenters. The van der Waals surface area contributed by atoms with Crippen LogP contribution in [0.15, 0.2) is 40.9 Å². The zero-order chi connectivity index (χ0) is 19.6. The number of carbonyl (C=O) groups excluding carboxylic acids is 3. The number of aryl methyl sites for hydroxylation is 1. The molecular weight excluding hydrogens is 354 g/mol. The number of hydrogen-bond donors (Lipinski definition) is 2. The van der Waals surface area contributed by atoms with E-state index in [1.165, 1.54) is 0 Å². The van der Waals surface area contributed by atoms with Crippen LogP contribution in [0.3, 0.4) is 0 Å². The van der Waals surface area contributed by atoms with E-state index in [1.54, 1.807) is 44.2 Å². The maximum atomic E-state index is 12.1. The highest BCUT2D eigenvalue weighted by Gasteiger charge is 2.22. The van der Waals surface area contributed by atoms with Crippen molar-refractivity contribution in [2.75, 3.05) is 18.5 Å². The first kappa shape index (κ1) is 20.0. The van der Waals surface area contributed by atoms with E-state index in [2.05, 4.69) is 15.8 Å². The fourth-order valence-electron chi connectivity index (χ4n) is 2.04. The van der Waals surface area contributed by atoms with Gasteiger partial charge in [-0.15, -0.1) is 0 Å². The number of esters is 1. The number of carbonyl (C=O) groups is 3. The molecule has 9 nitrogen and oxygen atoms in total. The van der Waals surface area contributed by atoms with E-state index < -0.39 is 23.9 Å². The summed E-state index contributed by atoms with van der Waals surface area (Å²) in [6.07, 6.45) is -0.744. The number of nitrogens with zero attached hydrogens (tertiary/aromatic N) is 1. The van der Waals surface area contributed by atoms with Crippen LogP contribution in [-0.2, 0) is 19.1 Å². The van der Waals surface area contributed by atoms with Crippen molar-refractivity contribution in [1.29, 1.82) is 0 Å². The Morgan fingerprint density at radius 2 is 1.96 bits per heavy atom. The third kappa shape index (κ3) is 6.81. The number of benzene rings is 1. The molecule has 0 aliphatic heterocycles. The molecule has 1 unspecified atom stereocenters. The van der Waals surface area contributed by atoms with Crippen LogP contribution in [0.2, 0.25) is 0 Å². The summed E-state index contributed by atoms with van der Waals surface area (Å²) in [5.41, 5.74) is 0. The molecule has 0 saturated heterocycles.